The highest BCUT2D eigenvalue weighted by atomic mass is 15.1. The molecule has 0 aliphatic carbocycles. The number of hydrogen-bond donors (Lipinski definition) is 0. The lowest BCUT2D eigenvalue weighted by molar-refractivity contribution is 1.17. The average Bonchev–Trinajstić information content (AvgIpc) is 2.57. The highest BCUT2D eigenvalue weighted by Gasteiger charge is 2.08. The van der Waals surface area contributed by atoms with Gasteiger partial charge in [-0.1, -0.05) is 24.3 Å². The zero-order valence-electron chi connectivity index (χ0n) is 14.2. The first-order valence-electron chi connectivity index (χ1n) is 7.88. The molecule has 3 rings (SSSR count). The number of hydrogen-bond acceptors (Lipinski definition) is 2. The smallest absolute Gasteiger partial charge is 0.0439 e. The minimum absolute atomic E-state index is 1.14. The van der Waals surface area contributed by atoms with Gasteiger partial charge in [0.2, 0.25) is 0 Å². The number of anilines is 2. The Morgan fingerprint density at radius 1 is 0.696 bits per heavy atom. The lowest BCUT2D eigenvalue weighted by atomic mass is 9.98. The molecule has 0 amide bonds. The topological polar surface area (TPSA) is 16.1 Å². The van der Waals surface area contributed by atoms with Crippen LogP contribution >= 0.6 is 0 Å². The Morgan fingerprint density at radius 3 is 1.91 bits per heavy atom. The fraction of sp³-hybridized carbons (Fsp3) is 0.190. The molecule has 3 aromatic rings. The molecule has 0 atom stereocenters. The van der Waals surface area contributed by atoms with Crippen molar-refractivity contribution in [1.82, 2.24) is 4.98 Å². The predicted octanol–water partition coefficient (Wildman–Crippen LogP) is 5.44. The first-order valence-corrected chi connectivity index (χ1v) is 7.88. The van der Waals surface area contributed by atoms with Crippen LogP contribution in [0.15, 0.2) is 60.9 Å². The van der Waals surface area contributed by atoms with Gasteiger partial charge in [-0.05, 0) is 72.9 Å². The van der Waals surface area contributed by atoms with E-state index in [0.29, 0.717) is 0 Å². The summed E-state index contributed by atoms with van der Waals surface area (Å²) in [6.45, 7) is 6.48. The van der Waals surface area contributed by atoms with Crippen LogP contribution in [0, 0.1) is 20.8 Å². The molecular weight excluding hydrogens is 280 g/mol. The molecule has 0 saturated heterocycles. The van der Waals surface area contributed by atoms with Gasteiger partial charge >= 0.3 is 0 Å². The molecule has 2 heteroatoms. The van der Waals surface area contributed by atoms with Crippen molar-refractivity contribution in [3.8, 4) is 11.1 Å². The minimum Gasteiger partial charge on any atom is -0.344 e. The van der Waals surface area contributed by atoms with E-state index in [-0.39, 0.29) is 0 Å². The fourth-order valence-corrected chi connectivity index (χ4v) is 2.84. The molecule has 116 valence electrons. The number of benzene rings is 2. The molecular formula is C21H22N2. The molecule has 0 fully saturated rings. The van der Waals surface area contributed by atoms with Crippen molar-refractivity contribution in [2.75, 3.05) is 11.9 Å². The van der Waals surface area contributed by atoms with E-state index in [1.165, 1.54) is 33.5 Å². The molecule has 0 spiro atoms. The minimum atomic E-state index is 1.14. The summed E-state index contributed by atoms with van der Waals surface area (Å²) in [6, 6.07) is 17.4. The predicted molar refractivity (Wildman–Crippen MR) is 98.4 cm³/mol. The van der Waals surface area contributed by atoms with Gasteiger partial charge in [0, 0.05) is 30.8 Å². The summed E-state index contributed by atoms with van der Waals surface area (Å²) in [5.41, 5.74) is 8.82. The van der Waals surface area contributed by atoms with Crippen molar-refractivity contribution >= 4 is 11.4 Å². The van der Waals surface area contributed by atoms with Crippen LogP contribution < -0.4 is 4.90 Å². The van der Waals surface area contributed by atoms with Gasteiger partial charge in [-0.3, -0.25) is 4.98 Å². The first-order chi connectivity index (χ1) is 11.1. The van der Waals surface area contributed by atoms with Crippen molar-refractivity contribution in [3.63, 3.8) is 0 Å². The van der Waals surface area contributed by atoms with Crippen molar-refractivity contribution in [2.45, 2.75) is 20.8 Å². The monoisotopic (exact) mass is 302 g/mol. The molecule has 0 saturated carbocycles. The van der Waals surface area contributed by atoms with Gasteiger partial charge < -0.3 is 4.90 Å². The maximum atomic E-state index is 4.09. The summed E-state index contributed by atoms with van der Waals surface area (Å²) in [7, 11) is 2.09. The van der Waals surface area contributed by atoms with Crippen molar-refractivity contribution in [1.29, 1.82) is 0 Å². The van der Waals surface area contributed by atoms with Gasteiger partial charge in [0.05, 0.1) is 0 Å². The summed E-state index contributed by atoms with van der Waals surface area (Å²) in [5.74, 6) is 0. The van der Waals surface area contributed by atoms with Gasteiger partial charge in [-0.25, -0.2) is 0 Å². The third kappa shape index (κ3) is 3.11. The van der Waals surface area contributed by atoms with Crippen LogP contribution in [-0.2, 0) is 0 Å². The Labute approximate surface area is 138 Å². The number of rotatable bonds is 3. The fourth-order valence-electron chi connectivity index (χ4n) is 2.84. The Morgan fingerprint density at radius 2 is 1.30 bits per heavy atom. The van der Waals surface area contributed by atoms with E-state index in [4.69, 9.17) is 0 Å². The van der Waals surface area contributed by atoms with E-state index >= 15 is 0 Å². The zero-order chi connectivity index (χ0) is 16.4. The standard InChI is InChI=1S/C21H22N2/c1-15-5-6-18(13-16(15)2)19-7-8-21(17(3)14-19)23(4)20-9-11-22-12-10-20/h5-14H,1-4H3. The summed E-state index contributed by atoms with van der Waals surface area (Å²) >= 11 is 0. The summed E-state index contributed by atoms with van der Waals surface area (Å²) in [4.78, 5) is 6.28. The van der Waals surface area contributed by atoms with E-state index in [1.54, 1.807) is 0 Å². The molecule has 1 heterocycles. The Bertz CT molecular complexity index is 823. The highest BCUT2D eigenvalue weighted by Crippen LogP contribution is 2.31. The summed E-state index contributed by atoms with van der Waals surface area (Å²) < 4.78 is 0. The van der Waals surface area contributed by atoms with Crippen LogP contribution in [0.5, 0.6) is 0 Å². The molecule has 1 aromatic heterocycles. The Balaban J connectivity index is 1.96. The molecule has 0 N–H and O–H groups in total. The second-order valence-electron chi connectivity index (χ2n) is 6.06. The molecule has 2 nitrogen and oxygen atoms in total. The summed E-state index contributed by atoms with van der Waals surface area (Å²) in [6.07, 6.45) is 3.65. The van der Waals surface area contributed by atoms with Gasteiger partial charge in [0.15, 0.2) is 0 Å². The molecule has 0 radical (unpaired) electrons. The lowest BCUT2D eigenvalue weighted by Crippen LogP contribution is -2.10. The van der Waals surface area contributed by atoms with E-state index in [1.807, 2.05) is 24.5 Å². The molecule has 0 bridgehead atoms. The van der Waals surface area contributed by atoms with Crippen LogP contribution in [-0.4, -0.2) is 12.0 Å². The van der Waals surface area contributed by atoms with E-state index in [9.17, 15) is 0 Å². The van der Waals surface area contributed by atoms with Crippen molar-refractivity contribution in [2.24, 2.45) is 0 Å². The van der Waals surface area contributed by atoms with Crippen molar-refractivity contribution < 1.29 is 0 Å². The quantitative estimate of drug-likeness (QED) is 0.640. The van der Waals surface area contributed by atoms with Gasteiger partial charge in [0.1, 0.15) is 0 Å². The number of pyridine rings is 1. The third-order valence-corrected chi connectivity index (χ3v) is 4.45. The first kappa shape index (κ1) is 15.3. The van der Waals surface area contributed by atoms with Gasteiger partial charge in [-0.15, -0.1) is 0 Å². The largest absolute Gasteiger partial charge is 0.344 e. The number of nitrogens with zero attached hydrogens (tertiary/aromatic N) is 2. The maximum Gasteiger partial charge on any atom is 0.0439 e. The van der Waals surface area contributed by atoms with Crippen LogP contribution in [0.1, 0.15) is 16.7 Å². The SMILES string of the molecule is Cc1ccc(-c2ccc(N(C)c3ccncc3)c(C)c2)cc1C. The second kappa shape index (κ2) is 6.25. The lowest BCUT2D eigenvalue weighted by Gasteiger charge is -2.22. The second-order valence-corrected chi connectivity index (χ2v) is 6.06. The third-order valence-electron chi connectivity index (χ3n) is 4.45. The van der Waals surface area contributed by atoms with Crippen LogP contribution in [0.3, 0.4) is 0 Å². The van der Waals surface area contributed by atoms with Crippen molar-refractivity contribution in [3.05, 3.63) is 77.6 Å². The maximum absolute atomic E-state index is 4.09. The zero-order valence-corrected chi connectivity index (χ0v) is 14.2. The van der Waals surface area contributed by atoms with E-state index in [2.05, 4.69) is 74.1 Å². The van der Waals surface area contributed by atoms with E-state index < -0.39 is 0 Å². The number of aryl methyl sites for hydroxylation is 3. The van der Waals surface area contributed by atoms with E-state index in [0.717, 1.165) is 5.69 Å². The molecule has 0 aliphatic heterocycles. The Kier molecular flexibility index (Phi) is 4.16. The van der Waals surface area contributed by atoms with Gasteiger partial charge in [-0.2, -0.15) is 0 Å². The van der Waals surface area contributed by atoms with Crippen LogP contribution in [0.4, 0.5) is 11.4 Å². The average molecular weight is 302 g/mol. The molecule has 23 heavy (non-hydrogen) atoms. The molecule has 2 aromatic carbocycles. The number of aromatic nitrogens is 1. The Hall–Kier alpha value is -2.61. The normalized spacial score (nSPS) is 10.6. The summed E-state index contributed by atoms with van der Waals surface area (Å²) in [5, 5.41) is 0. The van der Waals surface area contributed by atoms with Crippen LogP contribution in [0.2, 0.25) is 0 Å². The highest BCUT2D eigenvalue weighted by molar-refractivity contribution is 5.72. The molecule has 0 aliphatic rings. The molecule has 0 unspecified atom stereocenters. The van der Waals surface area contributed by atoms with Gasteiger partial charge in [0.25, 0.3) is 0 Å². The van der Waals surface area contributed by atoms with Crippen LogP contribution in [0.25, 0.3) is 11.1 Å².